The van der Waals surface area contributed by atoms with E-state index in [-0.39, 0.29) is 0 Å². The second-order valence-electron chi connectivity index (χ2n) is 3.61. The molecule has 3 heteroatoms. The van der Waals surface area contributed by atoms with Gasteiger partial charge in [0.2, 0.25) is 0 Å². The van der Waals surface area contributed by atoms with E-state index in [0.29, 0.717) is 6.04 Å². The van der Waals surface area contributed by atoms with Crippen LogP contribution < -0.4 is 5.32 Å². The van der Waals surface area contributed by atoms with E-state index in [4.69, 9.17) is 0 Å². The summed E-state index contributed by atoms with van der Waals surface area (Å²) in [5.74, 6) is 2.42. The van der Waals surface area contributed by atoms with Crippen molar-refractivity contribution in [3.63, 3.8) is 0 Å². The number of hydrogen-bond donors (Lipinski definition) is 1. The third kappa shape index (κ3) is 2.96. The minimum absolute atomic E-state index is 0.717. The molecule has 0 spiro atoms. The number of hydrogen-bond acceptors (Lipinski definition) is 3. The Bertz CT molecular complexity index is 124. The van der Waals surface area contributed by atoms with Gasteiger partial charge in [-0.3, -0.25) is 0 Å². The quantitative estimate of drug-likeness (QED) is 0.717. The maximum Gasteiger partial charge on any atom is 0.0421 e. The monoisotopic (exact) mass is 188 g/mol. The number of rotatable bonds is 4. The predicted molar refractivity (Wildman–Crippen MR) is 56.6 cm³/mol. The van der Waals surface area contributed by atoms with Gasteiger partial charge in [0.15, 0.2) is 0 Å². The second kappa shape index (κ2) is 5.10. The van der Waals surface area contributed by atoms with E-state index in [0.717, 1.165) is 11.9 Å². The van der Waals surface area contributed by atoms with E-state index in [2.05, 4.69) is 31.1 Å². The summed E-state index contributed by atoms with van der Waals surface area (Å²) in [6.07, 6.45) is 1.25. The molecule has 1 heterocycles. The first-order valence-corrected chi connectivity index (χ1v) is 5.91. The van der Waals surface area contributed by atoms with Gasteiger partial charge >= 0.3 is 0 Å². The van der Waals surface area contributed by atoms with Gasteiger partial charge in [0.1, 0.15) is 0 Å². The van der Waals surface area contributed by atoms with Crippen LogP contribution in [0.4, 0.5) is 0 Å². The van der Waals surface area contributed by atoms with Gasteiger partial charge in [-0.1, -0.05) is 6.92 Å². The summed E-state index contributed by atoms with van der Waals surface area (Å²) in [6.45, 7) is 5.74. The molecule has 0 saturated carbocycles. The van der Waals surface area contributed by atoms with Crippen molar-refractivity contribution in [1.29, 1.82) is 0 Å². The number of thioether (sulfide) groups is 1. The van der Waals surface area contributed by atoms with Crippen LogP contribution in [0.25, 0.3) is 0 Å². The van der Waals surface area contributed by atoms with E-state index in [1.165, 1.54) is 18.7 Å². The van der Waals surface area contributed by atoms with Crippen molar-refractivity contribution in [3.8, 4) is 0 Å². The SMILES string of the molecule is CCC(C)N(C)CC1CSCN1. The minimum Gasteiger partial charge on any atom is -0.303 e. The topological polar surface area (TPSA) is 15.3 Å². The van der Waals surface area contributed by atoms with Crippen LogP contribution in [0.3, 0.4) is 0 Å². The fourth-order valence-corrected chi connectivity index (χ4v) is 2.37. The molecule has 1 rings (SSSR count). The molecule has 0 aromatic heterocycles. The first-order valence-electron chi connectivity index (χ1n) is 4.75. The van der Waals surface area contributed by atoms with Crippen LogP contribution in [0, 0.1) is 0 Å². The third-order valence-electron chi connectivity index (χ3n) is 2.64. The van der Waals surface area contributed by atoms with E-state index in [9.17, 15) is 0 Å². The summed E-state index contributed by atoms with van der Waals surface area (Å²) < 4.78 is 0. The highest BCUT2D eigenvalue weighted by Gasteiger charge is 2.17. The molecule has 0 aromatic carbocycles. The fraction of sp³-hybridized carbons (Fsp3) is 1.00. The smallest absolute Gasteiger partial charge is 0.0421 e. The number of likely N-dealkylation sites (N-methyl/N-ethyl adjacent to an activating group) is 1. The maximum atomic E-state index is 3.49. The van der Waals surface area contributed by atoms with Crippen molar-refractivity contribution in [1.82, 2.24) is 10.2 Å². The Morgan fingerprint density at radius 3 is 2.92 bits per heavy atom. The van der Waals surface area contributed by atoms with E-state index in [1.54, 1.807) is 0 Å². The number of nitrogens with one attached hydrogen (secondary N) is 1. The van der Waals surface area contributed by atoms with Crippen molar-refractivity contribution in [2.75, 3.05) is 25.2 Å². The molecule has 1 aliphatic rings. The summed E-state index contributed by atoms with van der Waals surface area (Å²) in [5, 5.41) is 3.49. The average molecular weight is 188 g/mol. The van der Waals surface area contributed by atoms with Gasteiger partial charge in [-0.2, -0.15) is 0 Å². The molecule has 12 heavy (non-hydrogen) atoms. The highest BCUT2D eigenvalue weighted by molar-refractivity contribution is 7.99. The summed E-state index contributed by atoms with van der Waals surface area (Å²) in [6, 6.07) is 1.44. The van der Waals surface area contributed by atoms with Crippen molar-refractivity contribution in [2.45, 2.75) is 32.4 Å². The molecule has 1 N–H and O–H groups in total. The molecule has 1 fully saturated rings. The molecular weight excluding hydrogens is 168 g/mol. The molecule has 0 bridgehead atoms. The molecule has 0 amide bonds. The van der Waals surface area contributed by atoms with Crippen LogP contribution in [-0.2, 0) is 0 Å². The normalized spacial score (nSPS) is 26.5. The standard InChI is InChI=1S/C9H20N2S/c1-4-8(2)11(3)5-9-6-12-7-10-9/h8-10H,4-7H2,1-3H3. The summed E-state index contributed by atoms with van der Waals surface area (Å²) in [5.41, 5.74) is 0. The van der Waals surface area contributed by atoms with Gasteiger partial charge < -0.3 is 10.2 Å². The molecule has 1 saturated heterocycles. The Balaban J connectivity index is 2.19. The zero-order valence-corrected chi connectivity index (χ0v) is 9.16. The molecule has 0 aromatic rings. The van der Waals surface area contributed by atoms with Crippen molar-refractivity contribution in [2.24, 2.45) is 0 Å². The zero-order valence-electron chi connectivity index (χ0n) is 8.34. The lowest BCUT2D eigenvalue weighted by atomic mass is 10.2. The third-order valence-corrected chi connectivity index (χ3v) is 3.65. The molecule has 2 atom stereocenters. The molecule has 0 radical (unpaired) electrons. The first kappa shape index (κ1) is 10.4. The molecule has 2 unspecified atom stereocenters. The van der Waals surface area contributed by atoms with Crippen molar-refractivity contribution < 1.29 is 0 Å². The lowest BCUT2D eigenvalue weighted by molar-refractivity contribution is 0.235. The highest BCUT2D eigenvalue weighted by atomic mass is 32.2. The molecule has 1 aliphatic heterocycles. The van der Waals surface area contributed by atoms with Gasteiger partial charge in [-0.25, -0.2) is 0 Å². The Hall–Kier alpha value is 0.270. The van der Waals surface area contributed by atoms with Crippen molar-refractivity contribution in [3.05, 3.63) is 0 Å². The molecule has 0 aliphatic carbocycles. The van der Waals surface area contributed by atoms with Crippen LogP contribution >= 0.6 is 11.8 Å². The van der Waals surface area contributed by atoms with Crippen LogP contribution in [0.1, 0.15) is 20.3 Å². The van der Waals surface area contributed by atoms with E-state index < -0.39 is 0 Å². The fourth-order valence-electron chi connectivity index (χ4n) is 1.39. The zero-order chi connectivity index (χ0) is 8.97. The predicted octanol–water partition coefficient (Wildman–Crippen LogP) is 1.38. The van der Waals surface area contributed by atoms with Gasteiger partial charge in [0.05, 0.1) is 0 Å². The van der Waals surface area contributed by atoms with Crippen LogP contribution in [0.2, 0.25) is 0 Å². The largest absolute Gasteiger partial charge is 0.303 e. The Morgan fingerprint density at radius 2 is 2.42 bits per heavy atom. The van der Waals surface area contributed by atoms with Gasteiger partial charge in [-0.15, -0.1) is 11.8 Å². The van der Waals surface area contributed by atoms with Crippen LogP contribution in [0.15, 0.2) is 0 Å². The Morgan fingerprint density at radius 1 is 1.67 bits per heavy atom. The summed E-state index contributed by atoms with van der Waals surface area (Å²) in [7, 11) is 2.22. The lowest BCUT2D eigenvalue weighted by Gasteiger charge is -2.26. The lowest BCUT2D eigenvalue weighted by Crippen LogP contribution is -2.40. The molecule has 72 valence electrons. The maximum absolute atomic E-state index is 3.49. The Kier molecular flexibility index (Phi) is 4.40. The number of nitrogens with zero attached hydrogens (tertiary/aromatic N) is 1. The first-order chi connectivity index (χ1) is 5.74. The highest BCUT2D eigenvalue weighted by Crippen LogP contribution is 2.11. The average Bonchev–Trinajstić information content (AvgIpc) is 2.55. The minimum atomic E-state index is 0.717. The summed E-state index contributed by atoms with van der Waals surface area (Å²) >= 11 is 2.01. The van der Waals surface area contributed by atoms with E-state index in [1.807, 2.05) is 11.8 Å². The van der Waals surface area contributed by atoms with Gasteiger partial charge in [-0.05, 0) is 20.4 Å². The summed E-state index contributed by atoms with van der Waals surface area (Å²) in [4.78, 5) is 2.45. The van der Waals surface area contributed by atoms with Gasteiger partial charge in [0.25, 0.3) is 0 Å². The van der Waals surface area contributed by atoms with Crippen LogP contribution in [-0.4, -0.2) is 42.2 Å². The van der Waals surface area contributed by atoms with Gasteiger partial charge in [0, 0.05) is 30.3 Å². The molecule has 2 nitrogen and oxygen atoms in total. The Labute approximate surface area is 80.1 Å². The van der Waals surface area contributed by atoms with E-state index >= 15 is 0 Å². The van der Waals surface area contributed by atoms with Crippen molar-refractivity contribution >= 4 is 11.8 Å². The second-order valence-corrected chi connectivity index (χ2v) is 4.64. The molecular formula is C9H20N2S. The van der Waals surface area contributed by atoms with Crippen LogP contribution in [0.5, 0.6) is 0 Å².